The highest BCUT2D eigenvalue weighted by Gasteiger charge is 2.24. The minimum absolute atomic E-state index is 0.0823. The number of amides is 1. The van der Waals surface area contributed by atoms with Crippen molar-refractivity contribution < 1.29 is 17.7 Å². The van der Waals surface area contributed by atoms with E-state index in [2.05, 4.69) is 10.5 Å². The smallest absolute Gasteiger partial charge is 0.246 e. The average Bonchev–Trinajstić information content (AvgIpc) is 3.13. The Kier molecular flexibility index (Phi) is 4.53. The van der Waals surface area contributed by atoms with Crippen LogP contribution in [0.2, 0.25) is 0 Å². The lowest BCUT2D eigenvalue weighted by atomic mass is 9.92. The molecule has 1 aromatic heterocycles. The van der Waals surface area contributed by atoms with Crippen LogP contribution < -0.4 is 15.4 Å². The van der Waals surface area contributed by atoms with Crippen LogP contribution in [-0.2, 0) is 26.7 Å². The highest BCUT2D eigenvalue weighted by Crippen LogP contribution is 2.30. The molecule has 0 saturated heterocycles. The van der Waals surface area contributed by atoms with Crippen LogP contribution in [0.25, 0.3) is 0 Å². The van der Waals surface area contributed by atoms with Crippen LogP contribution in [-0.4, -0.2) is 32.6 Å². The van der Waals surface area contributed by atoms with Crippen molar-refractivity contribution in [1.82, 2.24) is 5.16 Å². The second-order valence-corrected chi connectivity index (χ2v) is 8.94. The molecule has 8 nitrogen and oxygen atoms in total. The molecule has 1 aliphatic heterocycles. The number of anilines is 2. The van der Waals surface area contributed by atoms with E-state index in [1.807, 2.05) is 25.7 Å². The van der Waals surface area contributed by atoms with E-state index in [1.165, 1.54) is 6.07 Å². The van der Waals surface area contributed by atoms with Gasteiger partial charge in [-0.1, -0.05) is 25.9 Å². The van der Waals surface area contributed by atoms with Crippen molar-refractivity contribution in [2.75, 3.05) is 23.3 Å². The van der Waals surface area contributed by atoms with Crippen molar-refractivity contribution in [3.63, 3.8) is 0 Å². The average molecular weight is 378 g/mol. The number of hydrogen-bond donors (Lipinski definition) is 2. The number of fused-ring (bicyclic) bond motifs is 1. The molecule has 0 saturated carbocycles. The molecule has 3 rings (SSSR count). The largest absolute Gasteiger partial charge is 0.362 e. The van der Waals surface area contributed by atoms with Gasteiger partial charge < -0.3 is 9.42 Å². The van der Waals surface area contributed by atoms with Crippen LogP contribution in [0.4, 0.5) is 11.6 Å². The molecular formula is C17H22N4O4S. The van der Waals surface area contributed by atoms with E-state index in [0.29, 0.717) is 18.8 Å². The van der Waals surface area contributed by atoms with Gasteiger partial charge in [-0.15, -0.1) is 0 Å². The van der Waals surface area contributed by atoms with Crippen LogP contribution in [0.15, 0.2) is 33.7 Å². The molecule has 0 fully saturated rings. The topological polar surface area (TPSA) is 119 Å². The standard InChI is InChI=1S/C17H22N4O4S/c1-17(2,3)14-9-16(25-20-14)19-15(22)10-21-7-6-11-8-12(26(18,23)24)4-5-13(11)21/h4-5,8-9H,6-7,10H2,1-3H3,(H,19,22)(H2,18,23,24). The zero-order chi connectivity index (χ0) is 19.1. The Morgan fingerprint density at radius 1 is 1.35 bits per heavy atom. The molecule has 0 atom stereocenters. The van der Waals surface area contributed by atoms with Crippen molar-refractivity contribution in [2.24, 2.45) is 5.14 Å². The third-order valence-electron chi connectivity index (χ3n) is 4.25. The lowest BCUT2D eigenvalue weighted by molar-refractivity contribution is -0.115. The summed E-state index contributed by atoms with van der Waals surface area (Å²) < 4.78 is 28.1. The third kappa shape index (κ3) is 3.88. The van der Waals surface area contributed by atoms with E-state index < -0.39 is 10.0 Å². The third-order valence-corrected chi connectivity index (χ3v) is 5.16. The summed E-state index contributed by atoms with van der Waals surface area (Å²) in [7, 11) is -3.73. The van der Waals surface area contributed by atoms with Crippen molar-refractivity contribution in [2.45, 2.75) is 37.5 Å². The van der Waals surface area contributed by atoms with Crippen LogP contribution in [0, 0.1) is 0 Å². The first-order valence-electron chi connectivity index (χ1n) is 8.22. The van der Waals surface area contributed by atoms with Crippen LogP contribution in [0.5, 0.6) is 0 Å². The molecule has 26 heavy (non-hydrogen) atoms. The van der Waals surface area contributed by atoms with Gasteiger partial charge in [0, 0.05) is 23.7 Å². The van der Waals surface area contributed by atoms with Gasteiger partial charge in [0.1, 0.15) is 0 Å². The molecule has 9 heteroatoms. The van der Waals surface area contributed by atoms with Crippen LogP contribution in [0.1, 0.15) is 32.0 Å². The van der Waals surface area contributed by atoms with E-state index in [9.17, 15) is 13.2 Å². The minimum atomic E-state index is -3.73. The summed E-state index contributed by atoms with van der Waals surface area (Å²) in [5.41, 5.74) is 2.29. The second kappa shape index (κ2) is 6.40. The van der Waals surface area contributed by atoms with Gasteiger partial charge >= 0.3 is 0 Å². The summed E-state index contributed by atoms with van der Waals surface area (Å²) in [5, 5.41) is 11.8. The fraction of sp³-hybridized carbons (Fsp3) is 0.412. The van der Waals surface area contributed by atoms with Crippen molar-refractivity contribution in [3.05, 3.63) is 35.5 Å². The number of nitrogens with zero attached hydrogens (tertiary/aromatic N) is 2. The van der Waals surface area contributed by atoms with Gasteiger partial charge in [-0.05, 0) is 30.2 Å². The summed E-state index contributed by atoms with van der Waals surface area (Å²) in [5.74, 6) is 0.0777. The van der Waals surface area contributed by atoms with Gasteiger partial charge in [0.05, 0.1) is 17.1 Å². The highest BCUT2D eigenvalue weighted by molar-refractivity contribution is 7.89. The molecule has 0 spiro atoms. The van der Waals surface area contributed by atoms with E-state index in [0.717, 1.165) is 16.9 Å². The molecule has 1 aromatic carbocycles. The molecule has 2 aromatic rings. The number of aromatic nitrogens is 1. The molecule has 140 valence electrons. The molecule has 2 heterocycles. The van der Waals surface area contributed by atoms with E-state index in [4.69, 9.17) is 9.66 Å². The number of primary sulfonamides is 1. The molecule has 1 aliphatic rings. The Hall–Kier alpha value is -2.39. The summed E-state index contributed by atoms with van der Waals surface area (Å²) in [6.45, 7) is 6.78. The van der Waals surface area contributed by atoms with E-state index in [-0.39, 0.29) is 22.8 Å². The number of hydrogen-bond acceptors (Lipinski definition) is 6. The maximum atomic E-state index is 12.3. The quantitative estimate of drug-likeness (QED) is 0.834. The Balaban J connectivity index is 1.68. The molecule has 0 aliphatic carbocycles. The van der Waals surface area contributed by atoms with Crippen molar-refractivity contribution in [3.8, 4) is 0 Å². The summed E-state index contributed by atoms with van der Waals surface area (Å²) in [6.07, 6.45) is 0.655. The Morgan fingerprint density at radius 3 is 2.69 bits per heavy atom. The molecule has 3 N–H and O–H groups in total. The summed E-state index contributed by atoms with van der Waals surface area (Å²) in [4.78, 5) is 14.3. The lowest BCUT2D eigenvalue weighted by Crippen LogP contribution is -2.31. The van der Waals surface area contributed by atoms with Gasteiger partial charge in [-0.2, -0.15) is 0 Å². The number of rotatable bonds is 4. The monoisotopic (exact) mass is 378 g/mol. The summed E-state index contributed by atoms with van der Waals surface area (Å²) >= 11 is 0. The number of carbonyl (C=O) groups is 1. The fourth-order valence-electron chi connectivity index (χ4n) is 2.83. The Labute approximate surface area is 152 Å². The first kappa shape index (κ1) is 18.4. The van der Waals surface area contributed by atoms with Gasteiger partial charge in [-0.3, -0.25) is 10.1 Å². The molecular weight excluding hydrogens is 356 g/mol. The zero-order valence-electron chi connectivity index (χ0n) is 14.9. The number of sulfonamides is 1. The maximum Gasteiger partial charge on any atom is 0.246 e. The zero-order valence-corrected chi connectivity index (χ0v) is 15.8. The molecule has 0 radical (unpaired) electrons. The Bertz CT molecular complexity index is 944. The first-order chi connectivity index (χ1) is 12.0. The number of nitrogens with two attached hydrogens (primary N) is 1. The van der Waals surface area contributed by atoms with Gasteiger partial charge in [-0.25, -0.2) is 13.6 Å². The number of benzene rings is 1. The van der Waals surface area contributed by atoms with Crippen molar-refractivity contribution in [1.29, 1.82) is 0 Å². The SMILES string of the molecule is CC(C)(C)c1cc(NC(=O)CN2CCc3cc(S(N)(=O)=O)ccc32)on1. The first-order valence-corrected chi connectivity index (χ1v) is 9.76. The predicted octanol–water partition coefficient (Wildman–Crippen LogP) is 1.62. The van der Waals surface area contributed by atoms with E-state index >= 15 is 0 Å². The number of nitrogens with one attached hydrogen (secondary N) is 1. The van der Waals surface area contributed by atoms with Crippen LogP contribution in [0.3, 0.4) is 0 Å². The molecule has 0 bridgehead atoms. The van der Waals surface area contributed by atoms with E-state index in [1.54, 1.807) is 18.2 Å². The number of carbonyl (C=O) groups excluding carboxylic acids is 1. The Morgan fingerprint density at radius 2 is 2.08 bits per heavy atom. The molecule has 0 unspecified atom stereocenters. The molecule has 1 amide bonds. The minimum Gasteiger partial charge on any atom is -0.362 e. The van der Waals surface area contributed by atoms with Crippen LogP contribution >= 0.6 is 0 Å². The van der Waals surface area contributed by atoms with Gasteiger partial charge in [0.25, 0.3) is 0 Å². The normalized spacial score (nSPS) is 14.4. The lowest BCUT2D eigenvalue weighted by Gasteiger charge is -2.18. The highest BCUT2D eigenvalue weighted by atomic mass is 32.2. The maximum absolute atomic E-state index is 12.3. The van der Waals surface area contributed by atoms with Crippen molar-refractivity contribution >= 4 is 27.5 Å². The predicted molar refractivity (Wildman–Crippen MR) is 97.6 cm³/mol. The van der Waals surface area contributed by atoms with Gasteiger partial charge in [0.15, 0.2) is 0 Å². The van der Waals surface area contributed by atoms with Gasteiger partial charge in [0.2, 0.25) is 21.8 Å². The summed E-state index contributed by atoms with van der Waals surface area (Å²) in [6, 6.07) is 6.42. The fourth-order valence-corrected chi connectivity index (χ4v) is 3.39. The second-order valence-electron chi connectivity index (χ2n) is 7.38.